The fourth-order valence-corrected chi connectivity index (χ4v) is 1.70. The van der Waals surface area contributed by atoms with Gasteiger partial charge in [-0.05, 0) is 53.3 Å². The molecule has 0 radical (unpaired) electrons. The monoisotopic (exact) mass is 329 g/mol. The third-order valence-electron chi connectivity index (χ3n) is 2.09. The normalized spacial score (nSPS) is 10.2. The zero-order chi connectivity index (χ0) is 11.5. The molecule has 0 amide bonds. The number of halogens is 2. The minimum Gasteiger partial charge on any atom is -0.339 e. The van der Waals surface area contributed by atoms with Crippen molar-refractivity contribution < 1.29 is 4.39 Å². The van der Waals surface area contributed by atoms with E-state index >= 15 is 0 Å². The Balaban J connectivity index is 2.28. The topological polar surface area (TPSA) is 37.8 Å². The molecule has 0 atom stereocenters. The summed E-state index contributed by atoms with van der Waals surface area (Å²) in [7, 11) is 0. The first-order valence-corrected chi connectivity index (χ1v) is 5.73. The standard InChI is InChI=1S/C11H9FIN3/c1-7-4-8(2-3-9(7)12)16-11-10(13)5-14-6-15-11/h2-6H,1H3,(H,14,15,16). The highest BCUT2D eigenvalue weighted by atomic mass is 127. The van der Waals surface area contributed by atoms with Crippen molar-refractivity contribution in [2.45, 2.75) is 6.92 Å². The fraction of sp³-hybridized carbons (Fsp3) is 0.0909. The van der Waals surface area contributed by atoms with Crippen molar-refractivity contribution in [3.05, 3.63) is 45.7 Å². The number of hydrogen-bond acceptors (Lipinski definition) is 3. The van der Waals surface area contributed by atoms with Crippen molar-refractivity contribution in [3.63, 3.8) is 0 Å². The molecule has 1 heterocycles. The lowest BCUT2D eigenvalue weighted by molar-refractivity contribution is 0.619. The Morgan fingerprint density at radius 3 is 2.88 bits per heavy atom. The van der Waals surface area contributed by atoms with Gasteiger partial charge in [-0.15, -0.1) is 0 Å². The summed E-state index contributed by atoms with van der Waals surface area (Å²) in [6, 6.07) is 4.86. The predicted molar refractivity (Wildman–Crippen MR) is 69.2 cm³/mol. The summed E-state index contributed by atoms with van der Waals surface area (Å²) in [5.41, 5.74) is 1.42. The molecule has 0 aliphatic heterocycles. The van der Waals surface area contributed by atoms with Gasteiger partial charge in [0.2, 0.25) is 0 Å². The van der Waals surface area contributed by atoms with E-state index in [1.165, 1.54) is 12.4 Å². The number of rotatable bonds is 2. The Labute approximate surface area is 106 Å². The van der Waals surface area contributed by atoms with Crippen LogP contribution in [0.15, 0.2) is 30.7 Å². The number of benzene rings is 1. The molecule has 1 aromatic carbocycles. The minimum absolute atomic E-state index is 0.206. The Kier molecular flexibility index (Phi) is 3.33. The van der Waals surface area contributed by atoms with Crippen LogP contribution in [0.5, 0.6) is 0 Å². The minimum atomic E-state index is -0.206. The Morgan fingerprint density at radius 1 is 1.38 bits per heavy atom. The van der Waals surface area contributed by atoms with Crippen LogP contribution in [0, 0.1) is 16.3 Å². The van der Waals surface area contributed by atoms with Gasteiger partial charge in [-0.1, -0.05) is 0 Å². The van der Waals surface area contributed by atoms with E-state index in [2.05, 4.69) is 37.9 Å². The highest BCUT2D eigenvalue weighted by Gasteiger charge is 2.03. The van der Waals surface area contributed by atoms with Crippen molar-refractivity contribution in [1.29, 1.82) is 0 Å². The molecule has 2 aromatic rings. The second-order valence-corrected chi connectivity index (χ2v) is 4.47. The third kappa shape index (κ3) is 2.46. The first-order chi connectivity index (χ1) is 7.66. The second-order valence-electron chi connectivity index (χ2n) is 3.31. The van der Waals surface area contributed by atoms with Crippen molar-refractivity contribution in [2.24, 2.45) is 0 Å². The number of nitrogens with zero attached hydrogens (tertiary/aromatic N) is 2. The van der Waals surface area contributed by atoms with Crippen molar-refractivity contribution in [3.8, 4) is 0 Å². The summed E-state index contributed by atoms with van der Waals surface area (Å²) in [6.45, 7) is 1.73. The molecule has 0 aliphatic carbocycles. The fourth-order valence-electron chi connectivity index (χ4n) is 1.26. The molecule has 82 valence electrons. The molecule has 0 bridgehead atoms. The lowest BCUT2D eigenvalue weighted by Crippen LogP contribution is -1.97. The molecule has 0 aliphatic rings. The van der Waals surface area contributed by atoms with Crippen molar-refractivity contribution >= 4 is 34.1 Å². The van der Waals surface area contributed by atoms with Gasteiger partial charge in [-0.25, -0.2) is 14.4 Å². The Hall–Kier alpha value is -1.24. The van der Waals surface area contributed by atoms with Crippen molar-refractivity contribution in [2.75, 3.05) is 5.32 Å². The average Bonchev–Trinajstić information content (AvgIpc) is 2.27. The maximum atomic E-state index is 13.1. The molecule has 5 heteroatoms. The second kappa shape index (κ2) is 4.73. The number of aryl methyl sites for hydroxylation is 1. The maximum absolute atomic E-state index is 13.1. The highest BCUT2D eigenvalue weighted by molar-refractivity contribution is 14.1. The van der Waals surface area contributed by atoms with Gasteiger partial charge < -0.3 is 5.32 Å². The van der Waals surface area contributed by atoms with E-state index in [1.54, 1.807) is 25.3 Å². The number of hydrogen-bond donors (Lipinski definition) is 1. The van der Waals surface area contributed by atoms with Gasteiger partial charge in [0.25, 0.3) is 0 Å². The molecule has 2 rings (SSSR count). The van der Waals surface area contributed by atoms with Crippen LogP contribution < -0.4 is 5.32 Å². The van der Waals surface area contributed by atoms with Crippen LogP contribution in [0.25, 0.3) is 0 Å². The molecular formula is C11H9FIN3. The number of aromatic nitrogens is 2. The summed E-state index contributed by atoms with van der Waals surface area (Å²) >= 11 is 2.14. The molecular weight excluding hydrogens is 320 g/mol. The van der Waals surface area contributed by atoms with Gasteiger partial charge in [-0.2, -0.15) is 0 Å². The van der Waals surface area contributed by atoms with Crippen LogP contribution in [0.3, 0.4) is 0 Å². The zero-order valence-electron chi connectivity index (χ0n) is 8.54. The molecule has 1 aromatic heterocycles. The van der Waals surface area contributed by atoms with E-state index in [4.69, 9.17) is 0 Å². The maximum Gasteiger partial charge on any atom is 0.147 e. The molecule has 3 nitrogen and oxygen atoms in total. The van der Waals surface area contributed by atoms with Crippen LogP contribution in [0.2, 0.25) is 0 Å². The van der Waals surface area contributed by atoms with Crippen LogP contribution in [-0.4, -0.2) is 9.97 Å². The van der Waals surface area contributed by atoms with E-state index in [-0.39, 0.29) is 5.82 Å². The average molecular weight is 329 g/mol. The quantitative estimate of drug-likeness (QED) is 0.860. The summed E-state index contributed by atoms with van der Waals surface area (Å²) in [5.74, 6) is 0.518. The Bertz CT molecular complexity index is 516. The predicted octanol–water partition coefficient (Wildman–Crippen LogP) is 3.27. The molecule has 16 heavy (non-hydrogen) atoms. The van der Waals surface area contributed by atoms with Gasteiger partial charge in [0, 0.05) is 11.9 Å². The van der Waals surface area contributed by atoms with Gasteiger partial charge in [0.05, 0.1) is 3.57 Å². The van der Waals surface area contributed by atoms with E-state index in [1.807, 2.05) is 0 Å². The summed E-state index contributed by atoms with van der Waals surface area (Å²) in [6.07, 6.45) is 3.19. The van der Waals surface area contributed by atoms with E-state index in [0.717, 1.165) is 15.1 Å². The third-order valence-corrected chi connectivity index (χ3v) is 2.88. The van der Waals surface area contributed by atoms with Gasteiger partial charge >= 0.3 is 0 Å². The SMILES string of the molecule is Cc1cc(Nc2ncncc2I)ccc1F. The zero-order valence-corrected chi connectivity index (χ0v) is 10.7. The Morgan fingerprint density at radius 2 is 2.19 bits per heavy atom. The van der Waals surface area contributed by atoms with E-state index in [0.29, 0.717) is 5.56 Å². The summed E-state index contributed by atoms with van der Waals surface area (Å²) in [5, 5.41) is 3.11. The summed E-state index contributed by atoms with van der Waals surface area (Å²) in [4.78, 5) is 8.00. The van der Waals surface area contributed by atoms with Crippen LogP contribution >= 0.6 is 22.6 Å². The highest BCUT2D eigenvalue weighted by Crippen LogP contribution is 2.20. The molecule has 0 saturated carbocycles. The summed E-state index contributed by atoms with van der Waals surface area (Å²) < 4.78 is 14.0. The lowest BCUT2D eigenvalue weighted by atomic mass is 10.2. The largest absolute Gasteiger partial charge is 0.339 e. The number of nitrogens with one attached hydrogen (secondary N) is 1. The first-order valence-electron chi connectivity index (χ1n) is 4.65. The molecule has 0 saturated heterocycles. The van der Waals surface area contributed by atoms with Crippen LogP contribution in [0.4, 0.5) is 15.9 Å². The van der Waals surface area contributed by atoms with Crippen molar-refractivity contribution in [1.82, 2.24) is 9.97 Å². The smallest absolute Gasteiger partial charge is 0.147 e. The lowest BCUT2D eigenvalue weighted by Gasteiger charge is -2.07. The molecule has 0 spiro atoms. The molecule has 0 fully saturated rings. The van der Waals surface area contributed by atoms with Crippen LogP contribution in [-0.2, 0) is 0 Å². The van der Waals surface area contributed by atoms with Gasteiger partial charge in [-0.3, -0.25) is 0 Å². The van der Waals surface area contributed by atoms with Crippen LogP contribution in [0.1, 0.15) is 5.56 Å². The molecule has 1 N–H and O–H groups in total. The molecule has 0 unspecified atom stereocenters. The van der Waals surface area contributed by atoms with Gasteiger partial charge in [0.1, 0.15) is 18.0 Å². The number of anilines is 2. The van der Waals surface area contributed by atoms with Gasteiger partial charge in [0.15, 0.2) is 0 Å². The van der Waals surface area contributed by atoms with E-state index < -0.39 is 0 Å². The first kappa shape index (κ1) is 11.3. The van der Waals surface area contributed by atoms with E-state index in [9.17, 15) is 4.39 Å².